The normalized spacial score (nSPS) is 15.2. The van der Waals surface area contributed by atoms with Crippen LogP contribution in [0.2, 0.25) is 5.02 Å². The van der Waals surface area contributed by atoms with Crippen molar-refractivity contribution in [1.82, 2.24) is 4.90 Å². The SMILES string of the molecule is COc1ccc(CN=C(SC)N2CCN(c3ccccc3Cl)C(=O)C2)cc1. The Kier molecular flexibility index (Phi) is 6.63. The molecule has 0 saturated carbocycles. The number of aliphatic imine (C=N–C) groups is 1. The molecule has 0 radical (unpaired) electrons. The number of rotatable bonds is 4. The molecule has 0 atom stereocenters. The van der Waals surface area contributed by atoms with Crippen LogP contribution in [0, 0.1) is 0 Å². The van der Waals surface area contributed by atoms with Crippen LogP contribution >= 0.6 is 23.4 Å². The highest BCUT2D eigenvalue weighted by atomic mass is 35.5. The number of piperazine rings is 1. The van der Waals surface area contributed by atoms with Gasteiger partial charge in [0.25, 0.3) is 0 Å². The third kappa shape index (κ3) is 4.76. The maximum Gasteiger partial charge on any atom is 0.246 e. The van der Waals surface area contributed by atoms with Crippen LogP contribution in [0.3, 0.4) is 0 Å². The summed E-state index contributed by atoms with van der Waals surface area (Å²) in [5.41, 5.74) is 1.87. The molecular formula is C20H22ClN3O2S. The van der Waals surface area contributed by atoms with Crippen LogP contribution < -0.4 is 9.64 Å². The number of methoxy groups -OCH3 is 1. The van der Waals surface area contributed by atoms with E-state index in [1.165, 1.54) is 0 Å². The van der Waals surface area contributed by atoms with Crippen LogP contribution in [0.15, 0.2) is 53.5 Å². The summed E-state index contributed by atoms with van der Waals surface area (Å²) in [5, 5.41) is 1.47. The van der Waals surface area contributed by atoms with Crippen LogP contribution in [-0.2, 0) is 11.3 Å². The van der Waals surface area contributed by atoms with Crippen LogP contribution in [0.1, 0.15) is 5.56 Å². The third-order valence-electron chi connectivity index (χ3n) is 4.37. The summed E-state index contributed by atoms with van der Waals surface area (Å²) in [7, 11) is 1.65. The lowest BCUT2D eigenvalue weighted by molar-refractivity contribution is -0.120. The summed E-state index contributed by atoms with van der Waals surface area (Å²) >= 11 is 7.80. The predicted octanol–water partition coefficient (Wildman–Crippen LogP) is 3.92. The molecule has 1 heterocycles. The van der Waals surface area contributed by atoms with E-state index in [9.17, 15) is 4.79 Å². The molecule has 0 spiro atoms. The number of hydrogen-bond donors (Lipinski definition) is 0. The van der Waals surface area contributed by atoms with E-state index in [-0.39, 0.29) is 5.91 Å². The zero-order valence-corrected chi connectivity index (χ0v) is 17.0. The van der Waals surface area contributed by atoms with Gasteiger partial charge in [0.05, 0.1) is 30.9 Å². The number of halogens is 1. The van der Waals surface area contributed by atoms with Gasteiger partial charge in [-0.1, -0.05) is 47.6 Å². The molecule has 1 saturated heterocycles. The maximum absolute atomic E-state index is 12.7. The quantitative estimate of drug-likeness (QED) is 0.573. The summed E-state index contributed by atoms with van der Waals surface area (Å²) in [4.78, 5) is 21.2. The van der Waals surface area contributed by atoms with Crippen molar-refractivity contribution in [1.29, 1.82) is 0 Å². The lowest BCUT2D eigenvalue weighted by atomic mass is 10.2. The van der Waals surface area contributed by atoms with E-state index in [0.29, 0.717) is 24.7 Å². The number of amides is 1. The number of para-hydroxylation sites is 1. The molecular weight excluding hydrogens is 382 g/mol. The number of ether oxygens (including phenoxy) is 1. The summed E-state index contributed by atoms with van der Waals surface area (Å²) in [6.45, 7) is 2.18. The van der Waals surface area contributed by atoms with Gasteiger partial charge in [0.2, 0.25) is 5.91 Å². The molecule has 0 N–H and O–H groups in total. The smallest absolute Gasteiger partial charge is 0.246 e. The lowest BCUT2D eigenvalue weighted by Gasteiger charge is -2.35. The topological polar surface area (TPSA) is 45.1 Å². The molecule has 0 unspecified atom stereocenters. The predicted molar refractivity (Wildman–Crippen MR) is 113 cm³/mol. The molecule has 3 rings (SSSR count). The second kappa shape index (κ2) is 9.15. The minimum absolute atomic E-state index is 0.0283. The Labute approximate surface area is 169 Å². The van der Waals surface area contributed by atoms with Crippen molar-refractivity contribution >= 4 is 40.1 Å². The second-order valence-corrected chi connectivity index (χ2v) is 7.25. The number of carbonyl (C=O) groups is 1. The van der Waals surface area contributed by atoms with E-state index in [4.69, 9.17) is 21.3 Å². The molecule has 0 bridgehead atoms. The van der Waals surface area contributed by atoms with E-state index in [2.05, 4.69) is 0 Å². The number of hydrogen-bond acceptors (Lipinski definition) is 4. The molecule has 2 aromatic rings. The largest absolute Gasteiger partial charge is 0.497 e. The lowest BCUT2D eigenvalue weighted by Crippen LogP contribution is -2.52. The third-order valence-corrected chi connectivity index (χ3v) is 5.45. The zero-order valence-electron chi connectivity index (χ0n) is 15.4. The summed E-state index contributed by atoms with van der Waals surface area (Å²) < 4.78 is 5.18. The fourth-order valence-electron chi connectivity index (χ4n) is 2.95. The van der Waals surface area contributed by atoms with Crippen LogP contribution in [0.25, 0.3) is 0 Å². The number of anilines is 1. The molecule has 1 aliphatic heterocycles. The van der Waals surface area contributed by atoms with Gasteiger partial charge in [-0.2, -0.15) is 0 Å². The first kappa shape index (κ1) is 19.6. The highest BCUT2D eigenvalue weighted by molar-refractivity contribution is 8.13. The van der Waals surface area contributed by atoms with E-state index in [0.717, 1.165) is 28.7 Å². The monoisotopic (exact) mass is 403 g/mol. The van der Waals surface area contributed by atoms with Crippen molar-refractivity contribution in [2.75, 3.05) is 37.9 Å². The molecule has 1 fully saturated rings. The van der Waals surface area contributed by atoms with Gasteiger partial charge in [0.15, 0.2) is 5.17 Å². The Morgan fingerprint density at radius 1 is 1.19 bits per heavy atom. The van der Waals surface area contributed by atoms with Crippen LogP contribution in [-0.4, -0.2) is 49.0 Å². The maximum atomic E-state index is 12.7. The molecule has 0 aromatic heterocycles. The average Bonchev–Trinajstić information content (AvgIpc) is 2.70. The number of thioether (sulfide) groups is 1. The van der Waals surface area contributed by atoms with Gasteiger partial charge in [0, 0.05) is 13.1 Å². The van der Waals surface area contributed by atoms with Crippen LogP contribution in [0.4, 0.5) is 5.69 Å². The van der Waals surface area contributed by atoms with Crippen molar-refractivity contribution < 1.29 is 9.53 Å². The highest BCUT2D eigenvalue weighted by Gasteiger charge is 2.27. The van der Waals surface area contributed by atoms with E-state index < -0.39 is 0 Å². The van der Waals surface area contributed by atoms with Crippen molar-refractivity contribution in [2.45, 2.75) is 6.54 Å². The Morgan fingerprint density at radius 3 is 2.56 bits per heavy atom. The Hall–Kier alpha value is -2.18. The van der Waals surface area contributed by atoms with Gasteiger partial charge in [-0.25, -0.2) is 0 Å². The van der Waals surface area contributed by atoms with Crippen molar-refractivity contribution in [2.24, 2.45) is 4.99 Å². The van der Waals surface area contributed by atoms with Crippen LogP contribution in [0.5, 0.6) is 5.75 Å². The van der Waals surface area contributed by atoms with Gasteiger partial charge < -0.3 is 14.5 Å². The van der Waals surface area contributed by atoms with Gasteiger partial charge in [-0.15, -0.1) is 0 Å². The van der Waals surface area contributed by atoms with Gasteiger partial charge in [-0.05, 0) is 36.1 Å². The van der Waals surface area contributed by atoms with Gasteiger partial charge in [0.1, 0.15) is 5.75 Å². The molecule has 27 heavy (non-hydrogen) atoms. The van der Waals surface area contributed by atoms with E-state index in [1.807, 2.05) is 53.6 Å². The Balaban J connectivity index is 1.66. The summed E-state index contributed by atoms with van der Waals surface area (Å²) in [6.07, 6.45) is 1.98. The molecule has 5 nitrogen and oxygen atoms in total. The molecule has 0 aliphatic carbocycles. The zero-order chi connectivity index (χ0) is 19.2. The molecule has 7 heteroatoms. The first-order valence-electron chi connectivity index (χ1n) is 8.63. The standard InChI is InChI=1S/C20H22ClN3O2S/c1-26-16-9-7-15(8-10-16)13-22-20(27-2)23-11-12-24(19(25)14-23)18-6-4-3-5-17(18)21/h3-10H,11-14H2,1-2H3. The molecule has 1 aliphatic rings. The molecule has 1 amide bonds. The summed E-state index contributed by atoms with van der Waals surface area (Å²) in [5.74, 6) is 0.856. The minimum atomic E-state index is 0.0283. The minimum Gasteiger partial charge on any atom is -0.497 e. The number of nitrogens with zero attached hydrogens (tertiary/aromatic N) is 3. The molecule has 2 aromatic carbocycles. The first-order valence-corrected chi connectivity index (χ1v) is 10.2. The van der Waals surface area contributed by atoms with Gasteiger partial charge in [-0.3, -0.25) is 9.79 Å². The van der Waals surface area contributed by atoms with E-state index in [1.54, 1.807) is 29.8 Å². The van der Waals surface area contributed by atoms with Crippen molar-refractivity contribution in [3.63, 3.8) is 0 Å². The van der Waals surface area contributed by atoms with Crippen molar-refractivity contribution in [3.8, 4) is 5.75 Å². The fraction of sp³-hybridized carbons (Fsp3) is 0.300. The Morgan fingerprint density at radius 2 is 1.93 bits per heavy atom. The summed E-state index contributed by atoms with van der Waals surface area (Å²) in [6, 6.07) is 15.3. The first-order chi connectivity index (χ1) is 13.1. The fourth-order valence-corrected chi connectivity index (χ4v) is 3.79. The number of carbonyl (C=O) groups excluding carboxylic acids is 1. The Bertz CT molecular complexity index is 826. The van der Waals surface area contributed by atoms with Crippen molar-refractivity contribution in [3.05, 3.63) is 59.1 Å². The second-order valence-electron chi connectivity index (χ2n) is 6.07. The number of amidine groups is 1. The average molecular weight is 404 g/mol. The molecule has 142 valence electrons. The van der Waals surface area contributed by atoms with E-state index >= 15 is 0 Å². The highest BCUT2D eigenvalue weighted by Crippen LogP contribution is 2.27. The number of benzene rings is 2. The van der Waals surface area contributed by atoms with Gasteiger partial charge >= 0.3 is 0 Å².